The molecule has 20 heavy (non-hydrogen) atoms. The molecule has 0 spiro atoms. The number of ketones is 1. The molecule has 1 aromatic carbocycles. The van der Waals surface area contributed by atoms with E-state index in [1.54, 1.807) is 0 Å². The van der Waals surface area contributed by atoms with Crippen LogP contribution in [0, 0.1) is 5.92 Å². The lowest BCUT2D eigenvalue weighted by molar-refractivity contribution is -0.125. The lowest BCUT2D eigenvalue weighted by atomic mass is 9.76. The van der Waals surface area contributed by atoms with Crippen LogP contribution in [0.2, 0.25) is 0 Å². The summed E-state index contributed by atoms with van der Waals surface area (Å²) in [6.07, 6.45) is 2.89. The summed E-state index contributed by atoms with van der Waals surface area (Å²) >= 11 is 0. The van der Waals surface area contributed by atoms with E-state index in [2.05, 4.69) is 11.4 Å². The first-order valence-electron chi connectivity index (χ1n) is 6.98. The third-order valence-electron chi connectivity index (χ3n) is 4.60. The second-order valence-electron chi connectivity index (χ2n) is 5.62. The first kappa shape index (κ1) is 13.7. The van der Waals surface area contributed by atoms with Crippen LogP contribution < -0.4 is 14.8 Å². The average molecular weight is 296 g/mol. The summed E-state index contributed by atoms with van der Waals surface area (Å²) in [4.78, 5) is 12.2. The number of hydrogen-bond acceptors (Lipinski definition) is 4. The van der Waals surface area contributed by atoms with Gasteiger partial charge in [-0.25, -0.2) is 0 Å². The molecule has 108 valence electrons. The van der Waals surface area contributed by atoms with Gasteiger partial charge in [0.15, 0.2) is 11.5 Å². The smallest absolute Gasteiger partial charge is 0.231 e. The molecule has 4 rings (SSSR count). The van der Waals surface area contributed by atoms with Crippen molar-refractivity contribution in [3.05, 3.63) is 23.8 Å². The highest BCUT2D eigenvalue weighted by atomic mass is 35.5. The second kappa shape index (κ2) is 5.26. The fraction of sp³-hybridized carbons (Fsp3) is 0.533. The number of nitrogens with one attached hydrogen (secondary N) is 1. The minimum atomic E-state index is 0. The largest absolute Gasteiger partial charge is 0.454 e. The monoisotopic (exact) mass is 295 g/mol. The average Bonchev–Trinajstić information content (AvgIpc) is 3.04. The molecule has 2 fully saturated rings. The summed E-state index contributed by atoms with van der Waals surface area (Å²) in [7, 11) is 0. The first-order valence-corrected chi connectivity index (χ1v) is 6.98. The highest BCUT2D eigenvalue weighted by Crippen LogP contribution is 2.41. The van der Waals surface area contributed by atoms with E-state index in [4.69, 9.17) is 9.47 Å². The van der Waals surface area contributed by atoms with Gasteiger partial charge in [-0.3, -0.25) is 4.79 Å². The number of benzene rings is 1. The lowest BCUT2D eigenvalue weighted by Gasteiger charge is -2.27. The van der Waals surface area contributed by atoms with Crippen LogP contribution in [-0.2, 0) is 4.79 Å². The van der Waals surface area contributed by atoms with Crippen molar-refractivity contribution in [2.24, 2.45) is 5.92 Å². The molecule has 4 nitrogen and oxygen atoms in total. The van der Waals surface area contributed by atoms with Crippen LogP contribution in [0.3, 0.4) is 0 Å². The van der Waals surface area contributed by atoms with E-state index in [9.17, 15) is 4.79 Å². The Morgan fingerprint density at radius 2 is 2.05 bits per heavy atom. The number of halogens is 1. The van der Waals surface area contributed by atoms with Gasteiger partial charge in [-0.05, 0) is 30.5 Å². The number of carbonyl (C=O) groups excluding carboxylic acids is 1. The molecular weight excluding hydrogens is 278 g/mol. The maximum atomic E-state index is 12.2. The molecule has 1 aromatic rings. The Morgan fingerprint density at radius 1 is 1.20 bits per heavy atom. The Morgan fingerprint density at radius 3 is 2.95 bits per heavy atom. The summed E-state index contributed by atoms with van der Waals surface area (Å²) in [5.74, 6) is 2.47. The van der Waals surface area contributed by atoms with Crippen LogP contribution in [0.25, 0.3) is 0 Å². The Labute approximate surface area is 124 Å². The van der Waals surface area contributed by atoms with Crippen molar-refractivity contribution in [1.82, 2.24) is 5.32 Å². The van der Waals surface area contributed by atoms with E-state index in [1.165, 1.54) is 5.56 Å². The molecule has 1 saturated heterocycles. The van der Waals surface area contributed by atoms with Gasteiger partial charge in [0.1, 0.15) is 5.78 Å². The molecule has 2 heterocycles. The topological polar surface area (TPSA) is 47.6 Å². The number of fused-ring (bicyclic) bond motifs is 2. The summed E-state index contributed by atoms with van der Waals surface area (Å²) in [6, 6.07) is 6.44. The molecule has 3 aliphatic rings. The number of ether oxygens (including phenoxy) is 2. The molecule has 0 bridgehead atoms. The zero-order chi connectivity index (χ0) is 12.8. The Balaban J connectivity index is 0.00000121. The fourth-order valence-electron chi connectivity index (χ4n) is 3.67. The highest BCUT2D eigenvalue weighted by molar-refractivity contribution is 5.85. The lowest BCUT2D eigenvalue weighted by Crippen LogP contribution is -2.36. The predicted molar refractivity (Wildman–Crippen MR) is 76.7 cm³/mol. The van der Waals surface area contributed by atoms with Crippen molar-refractivity contribution in [2.75, 3.05) is 13.3 Å². The van der Waals surface area contributed by atoms with Gasteiger partial charge in [0.05, 0.1) is 0 Å². The van der Waals surface area contributed by atoms with Crippen molar-refractivity contribution in [2.45, 2.75) is 31.2 Å². The van der Waals surface area contributed by atoms with Crippen molar-refractivity contribution >= 4 is 18.2 Å². The molecule has 0 aromatic heterocycles. The van der Waals surface area contributed by atoms with Gasteiger partial charge in [-0.1, -0.05) is 6.07 Å². The molecular formula is C15H18ClNO3. The number of hydrogen-bond donors (Lipinski definition) is 1. The van der Waals surface area contributed by atoms with E-state index in [-0.39, 0.29) is 24.2 Å². The van der Waals surface area contributed by atoms with E-state index in [1.807, 2.05) is 12.1 Å². The molecule has 0 unspecified atom stereocenters. The van der Waals surface area contributed by atoms with E-state index >= 15 is 0 Å². The van der Waals surface area contributed by atoms with E-state index in [0.717, 1.165) is 37.3 Å². The molecule has 1 aliphatic carbocycles. The summed E-state index contributed by atoms with van der Waals surface area (Å²) in [5, 5.41) is 3.51. The van der Waals surface area contributed by atoms with Crippen molar-refractivity contribution < 1.29 is 14.3 Å². The zero-order valence-electron chi connectivity index (χ0n) is 11.1. The quantitative estimate of drug-likeness (QED) is 0.863. The van der Waals surface area contributed by atoms with Gasteiger partial charge in [-0.2, -0.15) is 0 Å². The number of rotatable bonds is 1. The predicted octanol–water partition coefficient (Wildman–Crippen LogP) is 2.26. The van der Waals surface area contributed by atoms with Gasteiger partial charge < -0.3 is 14.8 Å². The summed E-state index contributed by atoms with van der Waals surface area (Å²) in [6.45, 7) is 1.19. The van der Waals surface area contributed by atoms with Gasteiger partial charge in [0, 0.05) is 30.8 Å². The Kier molecular flexibility index (Phi) is 3.61. The van der Waals surface area contributed by atoms with Crippen LogP contribution >= 0.6 is 12.4 Å². The summed E-state index contributed by atoms with van der Waals surface area (Å²) < 4.78 is 10.8. The van der Waals surface area contributed by atoms with Gasteiger partial charge >= 0.3 is 0 Å². The van der Waals surface area contributed by atoms with Crippen molar-refractivity contribution in [1.29, 1.82) is 0 Å². The van der Waals surface area contributed by atoms with Crippen LogP contribution in [0.1, 0.15) is 30.7 Å². The molecule has 5 heteroatoms. The van der Waals surface area contributed by atoms with Crippen LogP contribution in [0.5, 0.6) is 11.5 Å². The van der Waals surface area contributed by atoms with Crippen LogP contribution in [0.4, 0.5) is 0 Å². The molecule has 0 amide bonds. The third kappa shape index (κ3) is 2.07. The number of Topliss-reactive ketones (excluding diaryl/α,β-unsaturated/α-hetero) is 1. The van der Waals surface area contributed by atoms with Crippen LogP contribution in [0.15, 0.2) is 18.2 Å². The Bertz CT molecular complexity index is 534. The minimum absolute atomic E-state index is 0. The van der Waals surface area contributed by atoms with E-state index in [0.29, 0.717) is 18.6 Å². The van der Waals surface area contributed by atoms with E-state index < -0.39 is 0 Å². The van der Waals surface area contributed by atoms with Crippen molar-refractivity contribution in [3.63, 3.8) is 0 Å². The Hall–Kier alpha value is -1.26. The third-order valence-corrected chi connectivity index (χ3v) is 4.60. The first-order chi connectivity index (χ1) is 9.33. The molecule has 1 saturated carbocycles. The zero-order valence-corrected chi connectivity index (χ0v) is 11.9. The molecule has 1 N–H and O–H groups in total. The van der Waals surface area contributed by atoms with Gasteiger partial charge in [-0.15, -0.1) is 12.4 Å². The van der Waals surface area contributed by atoms with Crippen molar-refractivity contribution in [3.8, 4) is 11.5 Å². The summed E-state index contributed by atoms with van der Waals surface area (Å²) in [5.41, 5.74) is 1.19. The standard InChI is InChI=1S/C15H17NO3.ClH/c17-12-3-1-2-11-15(12)10(7-16-11)9-4-5-13-14(6-9)19-8-18-13;/h4-6,10-11,15-16H,1-3,7-8H2;1H/t10-,11-,15-;/m0./s1. The maximum absolute atomic E-state index is 12.2. The maximum Gasteiger partial charge on any atom is 0.231 e. The highest BCUT2D eigenvalue weighted by Gasteiger charge is 2.43. The molecule has 0 radical (unpaired) electrons. The number of carbonyl (C=O) groups is 1. The van der Waals surface area contributed by atoms with Crippen LogP contribution in [-0.4, -0.2) is 25.2 Å². The molecule has 2 aliphatic heterocycles. The van der Waals surface area contributed by atoms with Gasteiger partial charge in [0.25, 0.3) is 0 Å². The molecule has 3 atom stereocenters. The second-order valence-corrected chi connectivity index (χ2v) is 5.62. The SMILES string of the molecule is Cl.O=C1CCC[C@@H]2NC[C@@H](c3ccc4c(c3)OCO4)[C@H]12. The normalized spacial score (nSPS) is 30.8. The minimum Gasteiger partial charge on any atom is -0.454 e. The fourth-order valence-corrected chi connectivity index (χ4v) is 3.67. The van der Waals surface area contributed by atoms with Gasteiger partial charge in [0.2, 0.25) is 6.79 Å².